The first-order chi connectivity index (χ1) is 9.35. The van der Waals surface area contributed by atoms with Crippen LogP contribution in [0.15, 0.2) is 30.3 Å². The number of carbonyl (C=O) groups excluding carboxylic acids is 2. The number of amides is 1. The van der Waals surface area contributed by atoms with Crippen LogP contribution in [-0.2, 0) is 14.3 Å². The van der Waals surface area contributed by atoms with Crippen molar-refractivity contribution in [1.82, 2.24) is 4.90 Å². The maximum absolute atomic E-state index is 12.1. The van der Waals surface area contributed by atoms with E-state index in [0.29, 0.717) is 0 Å². The Morgan fingerprint density at radius 3 is 2.25 bits per heavy atom. The van der Waals surface area contributed by atoms with Gasteiger partial charge in [-0.25, -0.2) is 9.59 Å². The molecule has 1 aliphatic heterocycles. The first kappa shape index (κ1) is 14.4. The van der Waals surface area contributed by atoms with Crippen LogP contribution >= 0.6 is 0 Å². The highest BCUT2D eigenvalue weighted by Crippen LogP contribution is 2.44. The standard InChI is InChI=1S/C15H19NO4/c1-15(2,3)20-14(18)16-11(12(16)13(17)19-4)10-8-6-5-7-9-10/h5-9,11-12H,1-4H3/t11-,12-,16?/m1/s1. The fourth-order valence-electron chi connectivity index (χ4n) is 2.13. The van der Waals surface area contributed by atoms with Gasteiger partial charge in [0, 0.05) is 0 Å². The van der Waals surface area contributed by atoms with Gasteiger partial charge in [0.05, 0.1) is 13.2 Å². The fourth-order valence-corrected chi connectivity index (χ4v) is 2.13. The molecule has 0 bridgehead atoms. The summed E-state index contributed by atoms with van der Waals surface area (Å²) in [5, 5.41) is 0. The molecule has 2 atom stereocenters. The summed E-state index contributed by atoms with van der Waals surface area (Å²) in [4.78, 5) is 25.3. The highest BCUT2D eigenvalue weighted by Gasteiger charge is 2.58. The van der Waals surface area contributed by atoms with Crippen LogP contribution in [0, 0.1) is 0 Å². The van der Waals surface area contributed by atoms with Crippen molar-refractivity contribution in [3.8, 4) is 0 Å². The molecule has 0 saturated carbocycles. The molecule has 5 nitrogen and oxygen atoms in total. The van der Waals surface area contributed by atoms with Crippen LogP contribution in [0.3, 0.4) is 0 Å². The average Bonchev–Trinajstić information content (AvgIpc) is 3.12. The Morgan fingerprint density at radius 2 is 1.75 bits per heavy atom. The van der Waals surface area contributed by atoms with E-state index >= 15 is 0 Å². The van der Waals surface area contributed by atoms with Gasteiger partial charge in [-0.05, 0) is 26.3 Å². The summed E-state index contributed by atoms with van der Waals surface area (Å²) < 4.78 is 10.1. The third-order valence-corrected chi connectivity index (χ3v) is 3.00. The number of rotatable bonds is 2. The maximum atomic E-state index is 12.1. The lowest BCUT2D eigenvalue weighted by Gasteiger charge is -2.20. The van der Waals surface area contributed by atoms with Crippen molar-refractivity contribution >= 4 is 12.1 Å². The molecule has 0 aliphatic carbocycles. The minimum absolute atomic E-state index is 0.307. The van der Waals surface area contributed by atoms with Crippen molar-refractivity contribution in [2.45, 2.75) is 38.5 Å². The molecule has 5 heteroatoms. The molecule has 1 heterocycles. The predicted octanol–water partition coefficient (Wildman–Crippen LogP) is 2.52. The van der Waals surface area contributed by atoms with Crippen molar-refractivity contribution in [3.63, 3.8) is 0 Å². The van der Waals surface area contributed by atoms with Crippen molar-refractivity contribution in [3.05, 3.63) is 35.9 Å². The predicted molar refractivity (Wildman–Crippen MR) is 73.1 cm³/mol. The molecule has 2 rings (SSSR count). The maximum Gasteiger partial charge on any atom is 0.411 e. The van der Waals surface area contributed by atoms with Crippen molar-refractivity contribution < 1.29 is 19.1 Å². The molecule has 0 N–H and O–H groups in total. The lowest BCUT2D eigenvalue weighted by atomic mass is 10.1. The van der Waals surface area contributed by atoms with E-state index in [1.54, 1.807) is 20.8 Å². The van der Waals surface area contributed by atoms with Gasteiger partial charge < -0.3 is 9.47 Å². The molecule has 1 aliphatic rings. The molecule has 0 aromatic heterocycles. The zero-order valence-corrected chi connectivity index (χ0v) is 12.1. The highest BCUT2D eigenvalue weighted by molar-refractivity contribution is 5.88. The Morgan fingerprint density at radius 1 is 1.15 bits per heavy atom. The van der Waals surface area contributed by atoms with Crippen LogP contribution < -0.4 is 0 Å². The van der Waals surface area contributed by atoms with E-state index in [0.717, 1.165) is 5.56 Å². The zero-order chi connectivity index (χ0) is 14.9. The lowest BCUT2D eigenvalue weighted by Crippen LogP contribution is -2.29. The van der Waals surface area contributed by atoms with E-state index in [-0.39, 0.29) is 6.04 Å². The van der Waals surface area contributed by atoms with E-state index in [4.69, 9.17) is 9.47 Å². The summed E-state index contributed by atoms with van der Waals surface area (Å²) >= 11 is 0. The summed E-state index contributed by atoms with van der Waals surface area (Å²) in [7, 11) is 1.32. The van der Waals surface area contributed by atoms with Crippen LogP contribution in [0.4, 0.5) is 4.79 Å². The highest BCUT2D eigenvalue weighted by atomic mass is 16.6. The minimum Gasteiger partial charge on any atom is -0.467 e. The molecule has 1 aromatic carbocycles. The van der Waals surface area contributed by atoms with Gasteiger partial charge in [0.15, 0.2) is 6.04 Å². The Hall–Kier alpha value is -2.04. The number of hydrogen-bond acceptors (Lipinski definition) is 4. The lowest BCUT2D eigenvalue weighted by molar-refractivity contribution is -0.140. The van der Waals surface area contributed by atoms with Crippen LogP contribution in [0.2, 0.25) is 0 Å². The van der Waals surface area contributed by atoms with Gasteiger partial charge in [0.1, 0.15) is 5.60 Å². The Kier molecular flexibility index (Phi) is 3.70. The number of hydrogen-bond donors (Lipinski definition) is 0. The largest absolute Gasteiger partial charge is 0.467 e. The molecule has 1 fully saturated rings. The van der Waals surface area contributed by atoms with Gasteiger partial charge in [-0.2, -0.15) is 0 Å². The first-order valence-corrected chi connectivity index (χ1v) is 6.49. The second kappa shape index (κ2) is 5.15. The second-order valence-corrected chi connectivity index (χ2v) is 5.71. The number of benzene rings is 1. The molecule has 0 radical (unpaired) electrons. The Labute approximate surface area is 118 Å². The Balaban J connectivity index is 2.18. The third-order valence-electron chi connectivity index (χ3n) is 3.00. The monoisotopic (exact) mass is 277 g/mol. The third kappa shape index (κ3) is 2.92. The van der Waals surface area contributed by atoms with Crippen LogP contribution in [-0.4, -0.2) is 35.7 Å². The van der Waals surface area contributed by atoms with E-state index in [2.05, 4.69) is 0 Å². The number of methoxy groups -OCH3 is 1. The summed E-state index contributed by atoms with van der Waals surface area (Å²) in [6.07, 6.45) is -0.498. The molecular formula is C15H19NO4. The van der Waals surface area contributed by atoms with Crippen LogP contribution in [0.25, 0.3) is 0 Å². The molecule has 0 spiro atoms. The quantitative estimate of drug-likeness (QED) is 0.615. The fraction of sp³-hybridized carbons (Fsp3) is 0.467. The van der Waals surface area contributed by atoms with E-state index in [1.807, 2.05) is 30.3 Å². The summed E-state index contributed by atoms with van der Waals surface area (Å²) in [5.41, 5.74) is 0.301. The van der Waals surface area contributed by atoms with Crippen LogP contribution in [0.1, 0.15) is 32.4 Å². The number of carbonyl (C=O) groups is 2. The molecule has 20 heavy (non-hydrogen) atoms. The minimum atomic E-state index is -0.600. The number of nitrogens with zero attached hydrogens (tertiary/aromatic N) is 1. The van der Waals surface area contributed by atoms with Crippen molar-refractivity contribution in [2.24, 2.45) is 0 Å². The normalized spacial score (nSPS) is 21.3. The van der Waals surface area contributed by atoms with Gasteiger partial charge in [0.25, 0.3) is 0 Å². The summed E-state index contributed by atoms with van der Waals surface area (Å²) in [5.74, 6) is -0.426. The summed E-state index contributed by atoms with van der Waals surface area (Å²) in [6.45, 7) is 5.37. The zero-order valence-electron chi connectivity index (χ0n) is 12.1. The van der Waals surface area contributed by atoms with Gasteiger partial charge in [0.2, 0.25) is 0 Å². The van der Waals surface area contributed by atoms with E-state index < -0.39 is 23.7 Å². The molecule has 0 unspecified atom stereocenters. The molecule has 108 valence electrons. The smallest absolute Gasteiger partial charge is 0.411 e. The molecule has 1 saturated heterocycles. The van der Waals surface area contributed by atoms with Gasteiger partial charge in [-0.15, -0.1) is 0 Å². The summed E-state index contributed by atoms with van der Waals surface area (Å²) in [6, 6.07) is 8.48. The van der Waals surface area contributed by atoms with Crippen molar-refractivity contribution in [1.29, 1.82) is 0 Å². The van der Waals surface area contributed by atoms with Crippen molar-refractivity contribution in [2.75, 3.05) is 7.11 Å². The molecule has 1 aromatic rings. The topological polar surface area (TPSA) is 55.6 Å². The molecular weight excluding hydrogens is 258 g/mol. The van der Waals surface area contributed by atoms with E-state index in [9.17, 15) is 9.59 Å². The van der Waals surface area contributed by atoms with Gasteiger partial charge >= 0.3 is 12.1 Å². The SMILES string of the molecule is COC(=O)[C@H]1[C@@H](c2ccccc2)N1C(=O)OC(C)(C)C. The Bertz CT molecular complexity index is 506. The van der Waals surface area contributed by atoms with Gasteiger partial charge in [-0.3, -0.25) is 4.90 Å². The number of ether oxygens (including phenoxy) is 2. The van der Waals surface area contributed by atoms with E-state index in [1.165, 1.54) is 12.0 Å². The first-order valence-electron chi connectivity index (χ1n) is 6.49. The second-order valence-electron chi connectivity index (χ2n) is 5.71. The molecule has 1 amide bonds. The average molecular weight is 277 g/mol. The van der Waals surface area contributed by atoms with Gasteiger partial charge in [-0.1, -0.05) is 30.3 Å². The number of esters is 1. The van der Waals surface area contributed by atoms with Crippen LogP contribution in [0.5, 0.6) is 0 Å².